The molecule has 0 radical (unpaired) electrons. The van der Waals surface area contributed by atoms with Crippen molar-refractivity contribution in [2.24, 2.45) is 0 Å². The number of phenolic OH excluding ortho intramolecular Hbond substituents is 2. The lowest BCUT2D eigenvalue weighted by molar-refractivity contribution is 0.0818. The van der Waals surface area contributed by atoms with E-state index in [-0.39, 0.29) is 23.6 Å². The lowest BCUT2D eigenvalue weighted by Gasteiger charge is -2.25. The molecule has 4 nitrogen and oxygen atoms in total. The van der Waals surface area contributed by atoms with Gasteiger partial charge >= 0.3 is 0 Å². The van der Waals surface area contributed by atoms with Crippen LogP contribution in [0.4, 0.5) is 0 Å². The Bertz CT molecular complexity index is 408. The van der Waals surface area contributed by atoms with Crippen molar-refractivity contribution in [3.05, 3.63) is 23.8 Å². The first-order chi connectivity index (χ1) is 8.61. The first-order valence-corrected chi connectivity index (χ1v) is 6.42. The van der Waals surface area contributed by atoms with Crippen LogP contribution in [-0.4, -0.2) is 29.5 Å². The van der Waals surface area contributed by atoms with E-state index in [4.69, 9.17) is 4.74 Å². The maximum absolute atomic E-state index is 9.82. The van der Waals surface area contributed by atoms with Gasteiger partial charge in [-0.1, -0.05) is 0 Å². The highest BCUT2D eigenvalue weighted by Gasteiger charge is 2.28. The number of rotatable bonds is 4. The number of ether oxygens (including phenoxy) is 1. The monoisotopic (exact) mass is 251 g/mol. The van der Waals surface area contributed by atoms with E-state index < -0.39 is 0 Å². The SMILES string of the molecule is COC1CCCC1NC(C)c1cc(O)ccc1O. The van der Waals surface area contributed by atoms with Crippen molar-refractivity contribution in [1.29, 1.82) is 0 Å². The molecule has 0 spiro atoms. The summed E-state index contributed by atoms with van der Waals surface area (Å²) in [4.78, 5) is 0. The zero-order chi connectivity index (χ0) is 13.1. The quantitative estimate of drug-likeness (QED) is 0.719. The molecule has 0 heterocycles. The molecule has 100 valence electrons. The van der Waals surface area contributed by atoms with Gasteiger partial charge in [0.15, 0.2) is 0 Å². The highest BCUT2D eigenvalue weighted by molar-refractivity contribution is 5.40. The molecule has 0 saturated heterocycles. The predicted octanol–water partition coefficient (Wildman–Crippen LogP) is 2.32. The van der Waals surface area contributed by atoms with E-state index in [1.165, 1.54) is 12.1 Å². The van der Waals surface area contributed by atoms with Gasteiger partial charge in [0.25, 0.3) is 0 Å². The fraction of sp³-hybridized carbons (Fsp3) is 0.571. The molecule has 1 aliphatic rings. The van der Waals surface area contributed by atoms with Crippen molar-refractivity contribution in [2.45, 2.75) is 44.4 Å². The Hall–Kier alpha value is -1.26. The molecule has 3 unspecified atom stereocenters. The topological polar surface area (TPSA) is 61.7 Å². The molecule has 1 aromatic rings. The Labute approximate surface area is 108 Å². The summed E-state index contributed by atoms with van der Waals surface area (Å²) >= 11 is 0. The Morgan fingerprint density at radius 3 is 2.83 bits per heavy atom. The van der Waals surface area contributed by atoms with Gasteiger partial charge in [0, 0.05) is 24.8 Å². The molecule has 18 heavy (non-hydrogen) atoms. The van der Waals surface area contributed by atoms with Crippen LogP contribution in [-0.2, 0) is 4.74 Å². The van der Waals surface area contributed by atoms with Crippen LogP contribution in [0.25, 0.3) is 0 Å². The minimum atomic E-state index is -0.0159. The minimum Gasteiger partial charge on any atom is -0.508 e. The first-order valence-electron chi connectivity index (χ1n) is 6.42. The van der Waals surface area contributed by atoms with Crippen molar-refractivity contribution in [3.63, 3.8) is 0 Å². The number of phenols is 2. The van der Waals surface area contributed by atoms with Gasteiger partial charge in [-0.05, 0) is 44.4 Å². The molecule has 1 fully saturated rings. The third kappa shape index (κ3) is 2.76. The number of hydrogen-bond acceptors (Lipinski definition) is 4. The molecule has 3 N–H and O–H groups in total. The van der Waals surface area contributed by atoms with Crippen LogP contribution in [0.5, 0.6) is 11.5 Å². The first kappa shape index (κ1) is 13.2. The Morgan fingerprint density at radius 2 is 2.11 bits per heavy atom. The zero-order valence-electron chi connectivity index (χ0n) is 10.9. The summed E-state index contributed by atoms with van der Waals surface area (Å²) in [5.74, 6) is 0.380. The van der Waals surface area contributed by atoms with Gasteiger partial charge in [-0.15, -0.1) is 0 Å². The number of nitrogens with one attached hydrogen (secondary N) is 1. The predicted molar refractivity (Wildman–Crippen MR) is 69.8 cm³/mol. The zero-order valence-corrected chi connectivity index (χ0v) is 10.9. The van der Waals surface area contributed by atoms with Crippen LogP contribution in [0.2, 0.25) is 0 Å². The van der Waals surface area contributed by atoms with Gasteiger partial charge < -0.3 is 20.3 Å². The fourth-order valence-electron chi connectivity index (χ4n) is 2.70. The lowest BCUT2D eigenvalue weighted by atomic mass is 10.0. The largest absolute Gasteiger partial charge is 0.508 e. The normalized spacial score (nSPS) is 25.2. The summed E-state index contributed by atoms with van der Waals surface area (Å²) in [5, 5.41) is 22.8. The van der Waals surface area contributed by atoms with Crippen molar-refractivity contribution < 1.29 is 14.9 Å². The highest BCUT2D eigenvalue weighted by Crippen LogP contribution is 2.30. The van der Waals surface area contributed by atoms with E-state index in [0.717, 1.165) is 24.8 Å². The van der Waals surface area contributed by atoms with Gasteiger partial charge in [0.05, 0.1) is 6.10 Å². The summed E-state index contributed by atoms with van der Waals surface area (Å²) in [6.45, 7) is 1.99. The van der Waals surface area contributed by atoms with Gasteiger partial charge in [0.1, 0.15) is 11.5 Å². The second-order valence-corrected chi connectivity index (χ2v) is 4.94. The van der Waals surface area contributed by atoms with E-state index in [1.54, 1.807) is 13.2 Å². The Morgan fingerprint density at radius 1 is 1.33 bits per heavy atom. The molecule has 0 amide bonds. The van der Waals surface area contributed by atoms with Crippen LogP contribution >= 0.6 is 0 Å². The fourth-order valence-corrected chi connectivity index (χ4v) is 2.70. The van der Waals surface area contributed by atoms with Gasteiger partial charge in [-0.3, -0.25) is 0 Å². The van der Waals surface area contributed by atoms with Crippen LogP contribution in [0.1, 0.15) is 37.8 Å². The van der Waals surface area contributed by atoms with Crippen LogP contribution in [0.3, 0.4) is 0 Å². The van der Waals surface area contributed by atoms with Crippen molar-refractivity contribution in [1.82, 2.24) is 5.32 Å². The number of methoxy groups -OCH3 is 1. The molecule has 3 atom stereocenters. The van der Waals surface area contributed by atoms with Crippen LogP contribution in [0, 0.1) is 0 Å². The van der Waals surface area contributed by atoms with Crippen LogP contribution < -0.4 is 5.32 Å². The van der Waals surface area contributed by atoms with E-state index in [9.17, 15) is 10.2 Å². The summed E-state index contributed by atoms with van der Waals surface area (Å²) < 4.78 is 5.44. The third-order valence-electron chi connectivity index (χ3n) is 3.70. The van der Waals surface area contributed by atoms with E-state index in [2.05, 4.69) is 5.32 Å². The van der Waals surface area contributed by atoms with Crippen LogP contribution in [0.15, 0.2) is 18.2 Å². The Kier molecular flexibility index (Phi) is 4.09. The van der Waals surface area contributed by atoms with Crippen molar-refractivity contribution in [2.75, 3.05) is 7.11 Å². The molecule has 0 aromatic heterocycles. The second-order valence-electron chi connectivity index (χ2n) is 4.94. The van der Waals surface area contributed by atoms with E-state index >= 15 is 0 Å². The summed E-state index contributed by atoms with van der Waals surface area (Å²) in [6, 6.07) is 4.90. The molecule has 4 heteroatoms. The van der Waals surface area contributed by atoms with Crippen molar-refractivity contribution >= 4 is 0 Å². The van der Waals surface area contributed by atoms with Gasteiger partial charge in [-0.2, -0.15) is 0 Å². The average molecular weight is 251 g/mol. The highest BCUT2D eigenvalue weighted by atomic mass is 16.5. The Balaban J connectivity index is 2.07. The maximum atomic E-state index is 9.82. The molecular weight excluding hydrogens is 230 g/mol. The molecular formula is C14H21NO3. The molecule has 1 aromatic carbocycles. The summed E-state index contributed by atoms with van der Waals surface area (Å²) in [5.41, 5.74) is 0.719. The second kappa shape index (κ2) is 5.59. The molecule has 1 saturated carbocycles. The molecule has 0 aliphatic heterocycles. The number of hydrogen-bond donors (Lipinski definition) is 3. The third-order valence-corrected chi connectivity index (χ3v) is 3.70. The molecule has 1 aliphatic carbocycles. The number of aromatic hydroxyl groups is 2. The molecule has 2 rings (SSSR count). The number of benzene rings is 1. The van der Waals surface area contributed by atoms with Crippen molar-refractivity contribution in [3.8, 4) is 11.5 Å². The standard InChI is InChI=1S/C14H21NO3/c1-9(11-8-10(16)6-7-13(11)17)15-12-4-3-5-14(12)18-2/h6-9,12,14-17H,3-5H2,1-2H3. The van der Waals surface area contributed by atoms with E-state index in [0.29, 0.717) is 6.04 Å². The minimum absolute atomic E-state index is 0.0159. The lowest BCUT2D eigenvalue weighted by Crippen LogP contribution is -2.38. The summed E-state index contributed by atoms with van der Waals surface area (Å²) in [7, 11) is 1.74. The maximum Gasteiger partial charge on any atom is 0.120 e. The summed E-state index contributed by atoms with van der Waals surface area (Å²) in [6.07, 6.45) is 3.57. The smallest absolute Gasteiger partial charge is 0.120 e. The van der Waals surface area contributed by atoms with E-state index in [1.807, 2.05) is 6.92 Å². The average Bonchev–Trinajstić information content (AvgIpc) is 2.79. The van der Waals surface area contributed by atoms with Gasteiger partial charge in [0.2, 0.25) is 0 Å². The van der Waals surface area contributed by atoms with Gasteiger partial charge in [-0.25, -0.2) is 0 Å². The molecule has 0 bridgehead atoms.